The minimum atomic E-state index is -1.30. The van der Waals surface area contributed by atoms with E-state index in [4.69, 9.17) is 34.8 Å². The van der Waals surface area contributed by atoms with E-state index in [9.17, 15) is 0 Å². The molecule has 3 aromatic carbocycles. The molecule has 6 rings (SSSR count). The van der Waals surface area contributed by atoms with Crippen LogP contribution in [0.3, 0.4) is 0 Å². The van der Waals surface area contributed by atoms with Gasteiger partial charge in [0.05, 0.1) is 26.5 Å². The van der Waals surface area contributed by atoms with Crippen LogP contribution in [0.4, 0.5) is 0 Å². The van der Waals surface area contributed by atoms with E-state index < -0.39 is 14.1 Å². The Balaban J connectivity index is 1.34. The lowest BCUT2D eigenvalue weighted by molar-refractivity contribution is -0.00804. The van der Waals surface area contributed by atoms with Crippen LogP contribution in [0.2, 0.25) is 0 Å². The third-order valence-corrected chi connectivity index (χ3v) is 11.0. The van der Waals surface area contributed by atoms with Crippen LogP contribution < -0.4 is 9.47 Å². The van der Waals surface area contributed by atoms with Gasteiger partial charge in [-0.1, -0.05) is 54.6 Å². The molecule has 11 nitrogen and oxygen atoms in total. The van der Waals surface area contributed by atoms with Crippen LogP contribution in [-0.2, 0) is 26.0 Å². The predicted molar refractivity (Wildman–Crippen MR) is 193 cm³/mol. The monoisotopic (exact) mass is 694 g/mol. The van der Waals surface area contributed by atoms with E-state index in [1.165, 1.54) is 0 Å². The summed E-state index contributed by atoms with van der Waals surface area (Å²) in [5.74, 6) is 2.27. The molecule has 1 aliphatic rings. The lowest BCUT2D eigenvalue weighted by Crippen LogP contribution is -2.36. The number of ether oxygens (including phenoxy) is 3. The van der Waals surface area contributed by atoms with Crippen molar-refractivity contribution in [3.8, 4) is 11.5 Å². The second kappa shape index (κ2) is 16.1. The maximum Gasteiger partial charge on any atom is 0.259 e. The molecule has 0 amide bonds. The Hall–Kier alpha value is -4.43. The van der Waals surface area contributed by atoms with Gasteiger partial charge in [-0.25, -0.2) is 26.2 Å². The molecule has 0 bridgehead atoms. The van der Waals surface area contributed by atoms with Gasteiger partial charge >= 0.3 is 0 Å². The maximum absolute atomic E-state index is 7.22. The summed E-state index contributed by atoms with van der Waals surface area (Å²) in [5.41, 5.74) is 3.32. The van der Waals surface area contributed by atoms with Gasteiger partial charge in [-0.2, -0.15) is 0 Å². The minimum absolute atomic E-state index is 0.00434. The summed E-state index contributed by atoms with van der Waals surface area (Å²) in [4.78, 5) is 17.4. The molecule has 2 heterocycles. The summed E-state index contributed by atoms with van der Waals surface area (Å²) in [6.07, 6.45) is 4.83. The third kappa shape index (κ3) is 7.36. The van der Waals surface area contributed by atoms with Crippen molar-refractivity contribution in [1.82, 2.24) is 24.2 Å². The molecule has 0 saturated heterocycles. The van der Waals surface area contributed by atoms with Crippen LogP contribution in [-0.4, -0.2) is 70.8 Å². The maximum atomic E-state index is 7.22. The summed E-state index contributed by atoms with van der Waals surface area (Å²) in [6.45, 7) is 12.2. The molecule has 260 valence electrons. The summed E-state index contributed by atoms with van der Waals surface area (Å²) in [6, 6.07) is 26.6. The highest BCUT2D eigenvalue weighted by Gasteiger charge is 2.41. The Bertz CT molecular complexity index is 1830. The summed E-state index contributed by atoms with van der Waals surface area (Å²) in [7, 11) is 4.03. The number of fused-ring (bicyclic) bond motifs is 1. The molecule has 0 spiro atoms. The highest BCUT2D eigenvalue weighted by molar-refractivity contribution is 7.44. The molecule has 0 aliphatic heterocycles. The van der Waals surface area contributed by atoms with Crippen LogP contribution in [0.5, 0.6) is 11.5 Å². The molecular weight excluding hydrogens is 651 g/mol. The van der Waals surface area contributed by atoms with E-state index in [1.54, 1.807) is 26.7 Å². The van der Waals surface area contributed by atoms with E-state index >= 15 is 0 Å². The van der Waals surface area contributed by atoms with Gasteiger partial charge in [0.15, 0.2) is 5.65 Å². The van der Waals surface area contributed by atoms with Crippen LogP contribution >= 0.6 is 8.53 Å². The zero-order valence-electron chi connectivity index (χ0n) is 29.1. The molecule has 50 heavy (non-hydrogen) atoms. The number of benzene rings is 3. The average Bonchev–Trinajstić information content (AvgIpc) is 3.50. The zero-order chi connectivity index (χ0) is 35.1. The molecule has 1 aliphatic carbocycles. The molecule has 0 radical (unpaired) electrons. The van der Waals surface area contributed by atoms with Crippen molar-refractivity contribution in [2.45, 2.75) is 57.1 Å². The van der Waals surface area contributed by atoms with Crippen LogP contribution in [0.15, 0.2) is 91.4 Å². The normalized spacial score (nSPS) is 16.7. The minimum Gasteiger partial charge on any atom is -0.497 e. The Morgan fingerprint density at radius 3 is 2.14 bits per heavy atom. The van der Waals surface area contributed by atoms with E-state index in [2.05, 4.69) is 50.0 Å². The fourth-order valence-corrected chi connectivity index (χ4v) is 7.57. The van der Waals surface area contributed by atoms with Crippen LogP contribution in [0.1, 0.15) is 55.2 Å². The van der Waals surface area contributed by atoms with Gasteiger partial charge in [-0.05, 0) is 74.7 Å². The molecule has 0 N–H and O–H groups in total. The molecule has 2 aromatic heterocycles. The molecule has 1 unspecified atom stereocenters. The van der Waals surface area contributed by atoms with E-state index in [-0.39, 0.29) is 24.8 Å². The van der Waals surface area contributed by atoms with Gasteiger partial charge in [0, 0.05) is 12.1 Å². The Labute approximate surface area is 294 Å². The average molecular weight is 695 g/mol. The van der Waals surface area contributed by atoms with Crippen molar-refractivity contribution in [3.05, 3.63) is 125 Å². The molecule has 1 fully saturated rings. The molecule has 5 aromatic rings. The van der Waals surface area contributed by atoms with Crippen molar-refractivity contribution in [2.75, 3.05) is 34.4 Å². The highest BCUT2D eigenvalue weighted by Crippen LogP contribution is 2.50. The smallest absolute Gasteiger partial charge is 0.259 e. The second-order valence-corrected chi connectivity index (χ2v) is 14.0. The lowest BCUT2D eigenvalue weighted by atomic mass is 9.80. The Morgan fingerprint density at radius 1 is 0.940 bits per heavy atom. The van der Waals surface area contributed by atoms with Gasteiger partial charge in [-0.15, -0.1) is 0 Å². The van der Waals surface area contributed by atoms with E-state index in [0.29, 0.717) is 18.7 Å². The molecule has 1 saturated carbocycles. The predicted octanol–water partition coefficient (Wildman–Crippen LogP) is 7.58. The first-order chi connectivity index (χ1) is 24.4. The van der Waals surface area contributed by atoms with Gasteiger partial charge in [0.2, 0.25) is 6.54 Å². The number of hydrogen-bond donors (Lipinski definition) is 0. The van der Waals surface area contributed by atoms with Crippen molar-refractivity contribution in [2.24, 2.45) is 0 Å². The second-order valence-electron chi connectivity index (χ2n) is 12.4. The zero-order valence-corrected chi connectivity index (χ0v) is 30.0. The van der Waals surface area contributed by atoms with Gasteiger partial charge in [0.1, 0.15) is 48.0 Å². The quantitative estimate of drug-likeness (QED) is 0.0448. The molecular formula is C38H43N6O5P. The number of imidazole rings is 1. The van der Waals surface area contributed by atoms with Gasteiger partial charge < -0.3 is 32.7 Å². The largest absolute Gasteiger partial charge is 0.497 e. The Morgan fingerprint density at radius 2 is 1.56 bits per heavy atom. The first kappa shape index (κ1) is 35.4. The number of aromatic nitrogens is 4. The fraction of sp³-hybridized carbons (Fsp3) is 0.368. The fourth-order valence-electron chi connectivity index (χ4n) is 6.14. The summed E-state index contributed by atoms with van der Waals surface area (Å²) >= 11 is 0. The van der Waals surface area contributed by atoms with Crippen molar-refractivity contribution in [3.63, 3.8) is 0 Å². The van der Waals surface area contributed by atoms with Gasteiger partial charge in [0.25, 0.3) is 8.53 Å². The number of hydrogen-bond acceptors (Lipinski definition) is 9. The SMILES string of the molecule is [C-]#[N+]CCOP(OC1CC(n2c(COC(c3ccccc3)(c3ccc(OC)cc3)c3ccc(OC)cc3)nc3cncnc32)C1)N(C)C(C)C. The number of methoxy groups -OCH3 is 2. The van der Waals surface area contributed by atoms with Crippen molar-refractivity contribution >= 4 is 19.7 Å². The van der Waals surface area contributed by atoms with E-state index in [1.807, 2.05) is 73.8 Å². The topological polar surface area (TPSA) is 97.4 Å². The molecule has 12 heteroatoms. The first-order valence-electron chi connectivity index (χ1n) is 16.7. The number of nitrogens with zero attached hydrogens (tertiary/aromatic N) is 6. The first-order valence-corrected chi connectivity index (χ1v) is 17.8. The lowest BCUT2D eigenvalue weighted by Gasteiger charge is -2.40. The van der Waals surface area contributed by atoms with Crippen LogP contribution in [0.25, 0.3) is 16.0 Å². The Kier molecular flexibility index (Phi) is 11.4. The standard InChI is InChI=1S/C38H43N6O5P/c1-27(2)43(4)50(48-21-20-39-3)49-34-22-31(23-34)44-36(42-35-24-40-26-41-37(35)44)25-47-38(28-10-8-7-9-11-28,29-12-16-32(45-5)17-13-29)30-14-18-33(46-6)19-15-30/h7-19,24,26-27,31,34H,20-23,25H2,1-2,4-6H3. The van der Waals surface area contributed by atoms with Crippen molar-refractivity contribution in [1.29, 1.82) is 0 Å². The summed E-state index contributed by atoms with van der Waals surface area (Å²) in [5, 5.41) is 0. The summed E-state index contributed by atoms with van der Waals surface area (Å²) < 4.78 is 35.1. The van der Waals surface area contributed by atoms with E-state index in [0.717, 1.165) is 52.5 Å². The highest BCUT2D eigenvalue weighted by atomic mass is 31.2. The van der Waals surface area contributed by atoms with Crippen LogP contribution in [0, 0.1) is 6.57 Å². The molecule has 1 atom stereocenters. The number of rotatable bonds is 16. The van der Waals surface area contributed by atoms with Gasteiger partial charge in [-0.3, -0.25) is 0 Å². The van der Waals surface area contributed by atoms with Crippen molar-refractivity contribution < 1.29 is 23.3 Å². The third-order valence-electron chi connectivity index (χ3n) is 9.10.